The molecule has 108 valence electrons. The van der Waals surface area contributed by atoms with Crippen LogP contribution >= 0.6 is 0 Å². The van der Waals surface area contributed by atoms with Crippen LogP contribution in [0, 0.1) is 12.7 Å². The fourth-order valence-corrected chi connectivity index (χ4v) is 2.80. The summed E-state index contributed by atoms with van der Waals surface area (Å²) in [6.07, 6.45) is 1.45. The van der Waals surface area contributed by atoms with Gasteiger partial charge < -0.3 is 10.3 Å². The lowest BCUT2D eigenvalue weighted by Gasteiger charge is -2.06. The van der Waals surface area contributed by atoms with Crippen LogP contribution in [0.4, 0.5) is 15.8 Å². The van der Waals surface area contributed by atoms with Gasteiger partial charge in [0.25, 0.3) is 10.0 Å². The van der Waals surface area contributed by atoms with Gasteiger partial charge in [-0.3, -0.25) is 4.72 Å². The molecule has 6 nitrogen and oxygen atoms in total. The van der Waals surface area contributed by atoms with Gasteiger partial charge >= 0.3 is 0 Å². The number of rotatable bonds is 4. The zero-order chi connectivity index (χ0) is 14.9. The minimum Gasteiger partial charge on any atom is -0.396 e. The van der Waals surface area contributed by atoms with Crippen LogP contribution in [0.5, 0.6) is 0 Å². The molecule has 0 radical (unpaired) electrons. The third kappa shape index (κ3) is 2.74. The van der Waals surface area contributed by atoms with Crippen LogP contribution in [0.3, 0.4) is 0 Å². The Morgan fingerprint density at radius 1 is 1.45 bits per heavy atom. The predicted octanol–water partition coefficient (Wildman–Crippen LogP) is 1.73. The second-order valence-electron chi connectivity index (χ2n) is 4.25. The lowest BCUT2D eigenvalue weighted by molar-refractivity contribution is 0.597. The molecule has 0 saturated carbocycles. The Morgan fingerprint density at radius 2 is 2.15 bits per heavy atom. The standard InChI is InChI=1S/C12H15FN4O2S/c1-3-17-7-12(15-8(17)2)20(18,19)16-9-4-5-10(13)11(14)6-9/h4-7,16H,3,14H2,1-2H3. The van der Waals surface area contributed by atoms with Crippen LogP contribution < -0.4 is 10.5 Å². The number of sulfonamides is 1. The van der Waals surface area contributed by atoms with Crippen molar-refractivity contribution in [1.29, 1.82) is 0 Å². The normalized spacial score (nSPS) is 11.6. The van der Waals surface area contributed by atoms with Gasteiger partial charge in [-0.15, -0.1) is 0 Å². The summed E-state index contributed by atoms with van der Waals surface area (Å²) in [7, 11) is -3.81. The van der Waals surface area contributed by atoms with Crippen molar-refractivity contribution < 1.29 is 12.8 Å². The highest BCUT2D eigenvalue weighted by Gasteiger charge is 2.19. The van der Waals surface area contributed by atoms with Crippen molar-refractivity contribution in [3.63, 3.8) is 0 Å². The summed E-state index contributed by atoms with van der Waals surface area (Å²) in [6, 6.07) is 3.62. The quantitative estimate of drug-likeness (QED) is 0.841. The van der Waals surface area contributed by atoms with Crippen molar-refractivity contribution in [3.8, 4) is 0 Å². The first kappa shape index (κ1) is 14.3. The summed E-state index contributed by atoms with van der Waals surface area (Å²) in [6.45, 7) is 4.23. The molecule has 0 spiro atoms. The Kier molecular flexibility index (Phi) is 3.67. The molecule has 1 heterocycles. The van der Waals surface area contributed by atoms with Crippen LogP contribution in [0.25, 0.3) is 0 Å². The lowest BCUT2D eigenvalue weighted by Crippen LogP contribution is -2.13. The molecule has 0 atom stereocenters. The fraction of sp³-hybridized carbons (Fsp3) is 0.250. The molecule has 3 N–H and O–H groups in total. The minimum absolute atomic E-state index is 0.0836. The molecule has 0 saturated heterocycles. The number of nitrogens with two attached hydrogens (primary N) is 1. The Bertz CT molecular complexity index is 740. The van der Waals surface area contributed by atoms with Gasteiger partial charge in [-0.1, -0.05) is 0 Å². The van der Waals surface area contributed by atoms with Gasteiger partial charge in [0.05, 0.1) is 11.4 Å². The number of anilines is 2. The maximum atomic E-state index is 13.0. The van der Waals surface area contributed by atoms with Gasteiger partial charge in [0.1, 0.15) is 11.6 Å². The topological polar surface area (TPSA) is 90.0 Å². The van der Waals surface area contributed by atoms with E-state index in [1.165, 1.54) is 18.3 Å². The smallest absolute Gasteiger partial charge is 0.280 e. The number of benzene rings is 1. The number of nitrogens with one attached hydrogen (secondary N) is 1. The highest BCUT2D eigenvalue weighted by atomic mass is 32.2. The first-order chi connectivity index (χ1) is 9.33. The number of nitrogens with zero attached hydrogens (tertiary/aromatic N) is 2. The first-order valence-electron chi connectivity index (χ1n) is 5.95. The predicted molar refractivity (Wildman–Crippen MR) is 74.3 cm³/mol. The molecular weight excluding hydrogens is 283 g/mol. The second-order valence-corrected chi connectivity index (χ2v) is 5.88. The zero-order valence-corrected chi connectivity index (χ0v) is 11.9. The monoisotopic (exact) mass is 298 g/mol. The molecule has 0 aliphatic carbocycles. The highest BCUT2D eigenvalue weighted by Crippen LogP contribution is 2.20. The molecule has 8 heteroatoms. The molecule has 2 aromatic rings. The molecule has 0 bridgehead atoms. The van der Waals surface area contributed by atoms with Crippen molar-refractivity contribution in [2.75, 3.05) is 10.5 Å². The van der Waals surface area contributed by atoms with Crippen molar-refractivity contribution in [2.24, 2.45) is 0 Å². The van der Waals surface area contributed by atoms with E-state index in [1.54, 1.807) is 11.5 Å². The highest BCUT2D eigenvalue weighted by molar-refractivity contribution is 7.92. The van der Waals surface area contributed by atoms with E-state index in [9.17, 15) is 12.8 Å². The van der Waals surface area contributed by atoms with Gasteiger partial charge in [-0.05, 0) is 32.0 Å². The molecule has 2 rings (SSSR count). The molecule has 1 aromatic carbocycles. The van der Waals surface area contributed by atoms with Crippen LogP contribution in [0.2, 0.25) is 0 Å². The van der Waals surface area contributed by atoms with Crippen LogP contribution in [-0.2, 0) is 16.6 Å². The maximum absolute atomic E-state index is 13.0. The van der Waals surface area contributed by atoms with Gasteiger partial charge in [-0.2, -0.15) is 8.42 Å². The van der Waals surface area contributed by atoms with E-state index in [2.05, 4.69) is 9.71 Å². The van der Waals surface area contributed by atoms with Gasteiger partial charge in [0.15, 0.2) is 5.03 Å². The van der Waals surface area contributed by atoms with E-state index in [4.69, 9.17) is 5.73 Å². The van der Waals surface area contributed by atoms with Crippen molar-refractivity contribution in [2.45, 2.75) is 25.4 Å². The van der Waals surface area contributed by atoms with Crippen LogP contribution in [0.15, 0.2) is 29.4 Å². The number of aromatic nitrogens is 2. The third-order valence-electron chi connectivity index (χ3n) is 2.82. The van der Waals surface area contributed by atoms with E-state index < -0.39 is 15.8 Å². The van der Waals surface area contributed by atoms with Gasteiger partial charge in [-0.25, -0.2) is 9.37 Å². The number of hydrogen-bond donors (Lipinski definition) is 2. The largest absolute Gasteiger partial charge is 0.396 e. The summed E-state index contributed by atoms with van der Waals surface area (Å²) in [5.74, 6) is 0.00514. The van der Waals surface area contributed by atoms with Gasteiger partial charge in [0, 0.05) is 12.7 Å². The molecule has 0 aliphatic rings. The number of imidazole rings is 1. The Morgan fingerprint density at radius 3 is 2.70 bits per heavy atom. The summed E-state index contributed by atoms with van der Waals surface area (Å²) in [4.78, 5) is 4.00. The van der Waals surface area contributed by atoms with Crippen molar-refractivity contribution in [1.82, 2.24) is 9.55 Å². The Balaban J connectivity index is 2.32. The summed E-state index contributed by atoms with van der Waals surface area (Å²) in [5, 5.41) is -0.0836. The van der Waals surface area contributed by atoms with Crippen LogP contribution in [-0.4, -0.2) is 18.0 Å². The number of hydrogen-bond acceptors (Lipinski definition) is 4. The Labute approximate surface area is 116 Å². The number of halogens is 1. The molecular formula is C12H15FN4O2S. The molecule has 0 amide bonds. The second kappa shape index (κ2) is 5.12. The molecule has 0 fully saturated rings. The Hall–Kier alpha value is -2.09. The average molecular weight is 298 g/mol. The maximum Gasteiger partial charge on any atom is 0.280 e. The average Bonchev–Trinajstić information content (AvgIpc) is 2.76. The molecule has 0 unspecified atom stereocenters. The summed E-state index contributed by atoms with van der Waals surface area (Å²) < 4.78 is 41.4. The molecule has 20 heavy (non-hydrogen) atoms. The van der Waals surface area contributed by atoms with E-state index in [1.807, 2.05) is 6.92 Å². The van der Waals surface area contributed by atoms with Crippen molar-refractivity contribution >= 4 is 21.4 Å². The SMILES string of the molecule is CCn1cc(S(=O)(=O)Nc2ccc(F)c(N)c2)nc1C. The van der Waals surface area contributed by atoms with E-state index >= 15 is 0 Å². The molecule has 0 aliphatic heterocycles. The number of nitrogen functional groups attached to an aromatic ring is 1. The minimum atomic E-state index is -3.81. The summed E-state index contributed by atoms with van der Waals surface area (Å²) >= 11 is 0. The number of aryl methyl sites for hydroxylation is 2. The van der Waals surface area contributed by atoms with E-state index in [-0.39, 0.29) is 16.4 Å². The zero-order valence-electron chi connectivity index (χ0n) is 11.1. The molecule has 1 aromatic heterocycles. The van der Waals surface area contributed by atoms with Gasteiger partial charge in [0.2, 0.25) is 0 Å². The fourth-order valence-electron chi connectivity index (χ4n) is 1.74. The van der Waals surface area contributed by atoms with E-state index in [0.717, 1.165) is 6.07 Å². The summed E-state index contributed by atoms with van der Waals surface area (Å²) in [5.41, 5.74) is 5.46. The third-order valence-corrected chi connectivity index (χ3v) is 4.07. The van der Waals surface area contributed by atoms with Crippen LogP contribution in [0.1, 0.15) is 12.7 Å². The van der Waals surface area contributed by atoms with E-state index in [0.29, 0.717) is 12.4 Å². The van der Waals surface area contributed by atoms with Crippen molar-refractivity contribution in [3.05, 3.63) is 36.0 Å². The lowest BCUT2D eigenvalue weighted by atomic mass is 10.3. The first-order valence-corrected chi connectivity index (χ1v) is 7.43.